The standard InChI is InChI=1S/Co.2H2O.Si/h;2*1H2;. The molecule has 0 aromatic rings. The second kappa shape index (κ2) is 61.5. The summed E-state index contributed by atoms with van der Waals surface area (Å²) in [6.07, 6.45) is 0. The van der Waals surface area contributed by atoms with Crippen LogP contribution in [0.1, 0.15) is 0 Å². The van der Waals surface area contributed by atoms with Crippen molar-refractivity contribution in [1.82, 2.24) is 0 Å². The molecule has 0 fully saturated rings. The summed E-state index contributed by atoms with van der Waals surface area (Å²) in [5.74, 6) is 0. The first kappa shape index (κ1) is 149. The zero-order valence-corrected chi connectivity index (χ0v) is 3.87. The molecule has 4 N–H and O–H groups in total. The SMILES string of the molecule is O.O.[Co].[Si]. The molecule has 0 aliphatic heterocycles. The maximum Gasteiger partial charge on any atom is 0 e. The average Bonchev–Trinajstić information content (AvgIpc) is 0. The number of rotatable bonds is 0. The Labute approximate surface area is 39.4 Å². The van der Waals surface area contributed by atoms with Crippen LogP contribution in [0.3, 0.4) is 0 Å². The van der Waals surface area contributed by atoms with E-state index in [9.17, 15) is 0 Å². The van der Waals surface area contributed by atoms with Gasteiger partial charge in [0.05, 0.1) is 0 Å². The Morgan fingerprint density at radius 1 is 0.750 bits per heavy atom. The smallest absolute Gasteiger partial charge is 0 e. The Balaban J connectivity index is 0. The van der Waals surface area contributed by atoms with Crippen molar-refractivity contribution in [2.75, 3.05) is 0 Å². The van der Waals surface area contributed by atoms with E-state index >= 15 is 0 Å². The van der Waals surface area contributed by atoms with Crippen LogP contribution >= 0.6 is 0 Å². The van der Waals surface area contributed by atoms with Crippen molar-refractivity contribution >= 4 is 11.0 Å². The molecule has 2 nitrogen and oxygen atoms in total. The van der Waals surface area contributed by atoms with Crippen molar-refractivity contribution in [3.8, 4) is 0 Å². The Hall–Kier alpha value is 0.643. The molecule has 0 heterocycles. The summed E-state index contributed by atoms with van der Waals surface area (Å²) in [5.41, 5.74) is 0. The van der Waals surface area contributed by atoms with E-state index in [1.165, 1.54) is 0 Å². The topological polar surface area (TPSA) is 63.0 Å². The molecule has 0 aliphatic rings. The van der Waals surface area contributed by atoms with E-state index in [1.54, 1.807) is 0 Å². The molecule has 0 aromatic carbocycles. The predicted molar refractivity (Wildman–Crippen MR) is 13.0 cm³/mol. The van der Waals surface area contributed by atoms with Gasteiger partial charge >= 0.3 is 0 Å². The van der Waals surface area contributed by atoms with Gasteiger partial charge in [-0.05, 0) is 0 Å². The van der Waals surface area contributed by atoms with E-state index < -0.39 is 0 Å². The first-order valence-electron chi connectivity index (χ1n) is 0. The molecule has 0 spiro atoms. The van der Waals surface area contributed by atoms with E-state index in [0.717, 1.165) is 0 Å². The van der Waals surface area contributed by atoms with Crippen LogP contribution in [-0.2, 0) is 16.8 Å². The molecule has 0 bridgehead atoms. The summed E-state index contributed by atoms with van der Waals surface area (Å²) in [5, 5.41) is 0. The van der Waals surface area contributed by atoms with Gasteiger partial charge in [0.2, 0.25) is 0 Å². The first-order chi connectivity index (χ1) is 0. The van der Waals surface area contributed by atoms with Crippen LogP contribution < -0.4 is 0 Å². The maximum absolute atomic E-state index is 0. The Morgan fingerprint density at radius 3 is 0.750 bits per heavy atom. The van der Waals surface area contributed by atoms with Gasteiger partial charge in [0.15, 0.2) is 0 Å². The van der Waals surface area contributed by atoms with Crippen molar-refractivity contribution in [3.63, 3.8) is 0 Å². The van der Waals surface area contributed by atoms with Crippen molar-refractivity contribution < 1.29 is 27.7 Å². The monoisotopic (exact) mass is 123 g/mol. The molecule has 0 rings (SSSR count). The van der Waals surface area contributed by atoms with E-state index in [0.29, 0.717) is 0 Å². The summed E-state index contributed by atoms with van der Waals surface area (Å²) in [7, 11) is 0. The van der Waals surface area contributed by atoms with Gasteiger partial charge in [-0.25, -0.2) is 0 Å². The molecular formula is H4CoO2Si. The third kappa shape index (κ3) is 17.2. The third-order valence-electron chi connectivity index (χ3n) is 0. The summed E-state index contributed by atoms with van der Waals surface area (Å²) >= 11 is 0. The second-order valence-corrected chi connectivity index (χ2v) is 0. The van der Waals surface area contributed by atoms with Gasteiger partial charge in [0.1, 0.15) is 0 Å². The minimum absolute atomic E-state index is 0. The van der Waals surface area contributed by atoms with E-state index in [2.05, 4.69) is 0 Å². The van der Waals surface area contributed by atoms with Gasteiger partial charge in [-0.3, -0.25) is 0 Å². The normalized spacial score (nSPS) is 0. The van der Waals surface area contributed by atoms with Gasteiger partial charge in [-0.2, -0.15) is 0 Å². The average molecular weight is 123 g/mol. The summed E-state index contributed by atoms with van der Waals surface area (Å²) < 4.78 is 0. The zero-order valence-electron chi connectivity index (χ0n) is 1.83. The van der Waals surface area contributed by atoms with E-state index in [-0.39, 0.29) is 38.7 Å². The molecule has 0 aliphatic carbocycles. The number of hydrogen-bond acceptors (Lipinski definition) is 0. The molecule has 0 atom stereocenters. The predicted octanol–water partition coefficient (Wildman–Crippen LogP) is -2.03. The molecule has 29 valence electrons. The number of hydrogen-bond donors (Lipinski definition) is 0. The fourth-order valence-electron chi connectivity index (χ4n) is 0. The molecular weight excluding hydrogens is 119 g/mol. The van der Waals surface area contributed by atoms with Gasteiger partial charge in [0, 0.05) is 27.7 Å². The van der Waals surface area contributed by atoms with Crippen LogP contribution in [0.2, 0.25) is 0 Å². The molecule has 0 saturated heterocycles. The summed E-state index contributed by atoms with van der Waals surface area (Å²) in [6.45, 7) is 0. The Morgan fingerprint density at radius 2 is 0.750 bits per heavy atom. The van der Waals surface area contributed by atoms with Crippen molar-refractivity contribution in [3.05, 3.63) is 0 Å². The quantitative estimate of drug-likeness (QED) is 0.333. The molecule has 0 amide bonds. The Kier molecular flexibility index (Phi) is 2290. The summed E-state index contributed by atoms with van der Waals surface area (Å²) in [6, 6.07) is 0. The summed E-state index contributed by atoms with van der Waals surface area (Å²) in [4.78, 5) is 0. The Bertz CT molecular complexity index is 6.00. The van der Waals surface area contributed by atoms with Gasteiger partial charge in [-0.15, -0.1) is 0 Å². The van der Waals surface area contributed by atoms with Crippen LogP contribution in [0.15, 0.2) is 0 Å². The van der Waals surface area contributed by atoms with Crippen LogP contribution in [0.25, 0.3) is 0 Å². The largest absolute Gasteiger partial charge is 0.412 e. The van der Waals surface area contributed by atoms with Crippen LogP contribution in [-0.4, -0.2) is 21.9 Å². The molecule has 0 saturated carbocycles. The molecule has 4 heteroatoms. The molecule has 4 heavy (non-hydrogen) atoms. The molecule has 0 unspecified atom stereocenters. The molecule has 5 radical (unpaired) electrons. The van der Waals surface area contributed by atoms with Crippen molar-refractivity contribution in [2.24, 2.45) is 0 Å². The van der Waals surface area contributed by atoms with Gasteiger partial charge in [0.25, 0.3) is 0 Å². The fraction of sp³-hybridized carbons (Fsp3) is 0. The van der Waals surface area contributed by atoms with Crippen molar-refractivity contribution in [2.45, 2.75) is 0 Å². The maximum atomic E-state index is 0. The van der Waals surface area contributed by atoms with Gasteiger partial charge < -0.3 is 11.0 Å². The van der Waals surface area contributed by atoms with Crippen LogP contribution in [0, 0.1) is 0 Å². The fourth-order valence-corrected chi connectivity index (χ4v) is 0. The minimum Gasteiger partial charge on any atom is -0.412 e. The van der Waals surface area contributed by atoms with E-state index in [4.69, 9.17) is 0 Å². The van der Waals surface area contributed by atoms with E-state index in [1.807, 2.05) is 0 Å². The van der Waals surface area contributed by atoms with Gasteiger partial charge in [-0.1, -0.05) is 0 Å². The third-order valence-corrected chi connectivity index (χ3v) is 0. The second-order valence-electron chi connectivity index (χ2n) is 0. The first-order valence-corrected chi connectivity index (χ1v) is 0. The molecule has 0 aromatic heterocycles. The zero-order chi connectivity index (χ0) is 0. The van der Waals surface area contributed by atoms with Crippen LogP contribution in [0.5, 0.6) is 0 Å². The van der Waals surface area contributed by atoms with Crippen LogP contribution in [0.4, 0.5) is 0 Å². The van der Waals surface area contributed by atoms with Crippen molar-refractivity contribution in [1.29, 1.82) is 0 Å². The minimum atomic E-state index is 0.